The Morgan fingerprint density at radius 3 is 2.93 bits per heavy atom. The molecule has 0 bridgehead atoms. The van der Waals surface area contributed by atoms with E-state index in [1.54, 1.807) is 6.92 Å². The first kappa shape index (κ1) is 12.1. The summed E-state index contributed by atoms with van der Waals surface area (Å²) in [6.45, 7) is 6.16. The Kier molecular flexibility index (Phi) is 4.64. The van der Waals surface area contributed by atoms with Crippen LogP contribution in [0.2, 0.25) is 0 Å². The summed E-state index contributed by atoms with van der Waals surface area (Å²) in [7, 11) is 0. The third-order valence-corrected chi connectivity index (χ3v) is 3.14. The molecule has 1 fully saturated rings. The summed E-state index contributed by atoms with van der Waals surface area (Å²) < 4.78 is 0. The molecule has 1 aliphatic rings. The van der Waals surface area contributed by atoms with Gasteiger partial charge in [-0.05, 0) is 32.7 Å². The van der Waals surface area contributed by atoms with Crippen LogP contribution < -0.4 is 10.6 Å². The predicted octanol–water partition coefficient (Wildman–Crippen LogP) is 0.906. The molecule has 2 N–H and O–H groups in total. The van der Waals surface area contributed by atoms with Gasteiger partial charge in [0.25, 0.3) is 0 Å². The number of hydrogen-bond acceptors (Lipinski definition) is 2. The van der Waals surface area contributed by atoms with E-state index in [2.05, 4.69) is 29.4 Å². The molecule has 1 heterocycles. The number of hydrogen-bond donors (Lipinski definition) is 2. The summed E-state index contributed by atoms with van der Waals surface area (Å²) in [4.78, 5) is 12.0. The molecule has 1 rings (SSSR count). The lowest BCUT2D eigenvalue weighted by Crippen LogP contribution is -2.50. The van der Waals surface area contributed by atoms with Crippen LogP contribution in [0.4, 0.5) is 0 Å². The topological polar surface area (TPSA) is 41.1 Å². The summed E-state index contributed by atoms with van der Waals surface area (Å²) in [6.07, 6.45) is 2.97. The van der Waals surface area contributed by atoms with E-state index in [9.17, 15) is 4.79 Å². The van der Waals surface area contributed by atoms with Gasteiger partial charge in [-0.2, -0.15) is 0 Å². The number of carbonyl (C=O) groups is 1. The largest absolute Gasteiger partial charge is 0.345 e. The first-order chi connectivity index (χ1) is 7.25. The molecule has 1 saturated heterocycles. The highest BCUT2D eigenvalue weighted by Gasteiger charge is 2.37. The van der Waals surface area contributed by atoms with Crippen LogP contribution in [-0.2, 0) is 4.79 Å². The highest BCUT2D eigenvalue weighted by Crippen LogP contribution is 2.29. The molecule has 0 aromatic heterocycles. The highest BCUT2D eigenvalue weighted by molar-refractivity contribution is 5.83. The summed E-state index contributed by atoms with van der Waals surface area (Å²) in [6, 6.07) is 0. The molecule has 15 heavy (non-hydrogen) atoms. The molecule has 84 valence electrons. The summed E-state index contributed by atoms with van der Waals surface area (Å²) in [5.41, 5.74) is -0.201. The van der Waals surface area contributed by atoms with Gasteiger partial charge in [0.2, 0.25) is 5.91 Å². The molecule has 1 unspecified atom stereocenters. The van der Waals surface area contributed by atoms with Crippen LogP contribution >= 0.6 is 0 Å². The van der Waals surface area contributed by atoms with Gasteiger partial charge in [-0.15, -0.1) is 5.92 Å². The minimum Gasteiger partial charge on any atom is -0.345 e. The van der Waals surface area contributed by atoms with E-state index in [0.29, 0.717) is 6.54 Å². The van der Waals surface area contributed by atoms with Crippen molar-refractivity contribution in [1.29, 1.82) is 0 Å². The van der Waals surface area contributed by atoms with Gasteiger partial charge in [-0.1, -0.05) is 12.8 Å². The third kappa shape index (κ3) is 2.97. The maximum Gasteiger partial charge on any atom is 0.228 e. The Morgan fingerprint density at radius 1 is 1.60 bits per heavy atom. The summed E-state index contributed by atoms with van der Waals surface area (Å²) in [5, 5.41) is 6.19. The third-order valence-electron chi connectivity index (χ3n) is 3.14. The zero-order chi connectivity index (χ0) is 11.1. The molecular weight excluding hydrogens is 188 g/mol. The minimum absolute atomic E-state index is 0.153. The molecule has 0 spiro atoms. The van der Waals surface area contributed by atoms with Gasteiger partial charge < -0.3 is 10.6 Å². The molecule has 0 aromatic carbocycles. The number of amides is 1. The van der Waals surface area contributed by atoms with Gasteiger partial charge in [-0.3, -0.25) is 4.79 Å². The molecule has 3 nitrogen and oxygen atoms in total. The second-order valence-corrected chi connectivity index (χ2v) is 4.02. The second kappa shape index (κ2) is 5.77. The summed E-state index contributed by atoms with van der Waals surface area (Å²) >= 11 is 0. The van der Waals surface area contributed by atoms with E-state index in [0.717, 1.165) is 32.4 Å². The normalized spacial score (nSPS) is 25.2. The van der Waals surface area contributed by atoms with Crippen molar-refractivity contribution < 1.29 is 4.79 Å². The quantitative estimate of drug-likeness (QED) is 0.677. The van der Waals surface area contributed by atoms with Crippen molar-refractivity contribution in [3.05, 3.63) is 0 Å². The lowest BCUT2D eigenvalue weighted by molar-refractivity contribution is -0.132. The van der Waals surface area contributed by atoms with Gasteiger partial charge in [0.15, 0.2) is 0 Å². The Morgan fingerprint density at radius 2 is 2.40 bits per heavy atom. The van der Waals surface area contributed by atoms with Crippen LogP contribution in [0, 0.1) is 17.3 Å². The van der Waals surface area contributed by atoms with Gasteiger partial charge in [-0.25, -0.2) is 0 Å². The first-order valence-corrected chi connectivity index (χ1v) is 5.64. The Balaban J connectivity index is 2.54. The van der Waals surface area contributed by atoms with Gasteiger partial charge in [0, 0.05) is 6.54 Å². The number of carbonyl (C=O) groups excluding carboxylic acids is 1. The van der Waals surface area contributed by atoms with Gasteiger partial charge in [0.1, 0.15) is 0 Å². The molecule has 1 amide bonds. The Bertz CT molecular complexity index is 269. The van der Waals surface area contributed by atoms with E-state index in [-0.39, 0.29) is 11.3 Å². The monoisotopic (exact) mass is 208 g/mol. The van der Waals surface area contributed by atoms with Crippen molar-refractivity contribution in [3.63, 3.8) is 0 Å². The maximum atomic E-state index is 12.0. The van der Waals surface area contributed by atoms with Crippen molar-refractivity contribution in [2.24, 2.45) is 5.41 Å². The standard InChI is InChI=1S/C12H20N2O/c1-3-5-9-14-11(15)12(4-2)7-6-8-13-10-12/h13H,4,6-10H2,1-2H3,(H,14,15). The smallest absolute Gasteiger partial charge is 0.228 e. The van der Waals surface area contributed by atoms with Crippen molar-refractivity contribution >= 4 is 5.91 Å². The molecule has 0 aliphatic carbocycles. The fraction of sp³-hybridized carbons (Fsp3) is 0.750. The van der Waals surface area contributed by atoms with Crippen LogP contribution in [0.25, 0.3) is 0 Å². The second-order valence-electron chi connectivity index (χ2n) is 4.02. The van der Waals surface area contributed by atoms with Crippen molar-refractivity contribution in [3.8, 4) is 11.8 Å². The van der Waals surface area contributed by atoms with Crippen molar-refractivity contribution in [2.45, 2.75) is 33.1 Å². The van der Waals surface area contributed by atoms with Crippen LogP contribution in [-0.4, -0.2) is 25.5 Å². The van der Waals surface area contributed by atoms with Gasteiger partial charge in [0.05, 0.1) is 12.0 Å². The number of nitrogens with one attached hydrogen (secondary N) is 2. The van der Waals surface area contributed by atoms with E-state index >= 15 is 0 Å². The first-order valence-electron chi connectivity index (χ1n) is 5.64. The maximum absolute atomic E-state index is 12.0. The predicted molar refractivity (Wildman–Crippen MR) is 61.3 cm³/mol. The van der Waals surface area contributed by atoms with Crippen molar-refractivity contribution in [2.75, 3.05) is 19.6 Å². The minimum atomic E-state index is -0.201. The molecule has 1 atom stereocenters. The van der Waals surface area contributed by atoms with E-state index in [4.69, 9.17) is 0 Å². The molecule has 0 radical (unpaired) electrons. The zero-order valence-corrected chi connectivity index (χ0v) is 9.65. The lowest BCUT2D eigenvalue weighted by atomic mass is 9.77. The number of piperidine rings is 1. The fourth-order valence-corrected chi connectivity index (χ4v) is 2.02. The van der Waals surface area contributed by atoms with E-state index in [1.165, 1.54) is 0 Å². The van der Waals surface area contributed by atoms with Crippen LogP contribution in [0.15, 0.2) is 0 Å². The Hall–Kier alpha value is -1.01. The fourth-order valence-electron chi connectivity index (χ4n) is 2.02. The van der Waals surface area contributed by atoms with E-state index in [1.807, 2.05) is 0 Å². The molecule has 1 aliphatic heterocycles. The van der Waals surface area contributed by atoms with Gasteiger partial charge >= 0.3 is 0 Å². The molecule has 0 aromatic rings. The van der Waals surface area contributed by atoms with Crippen LogP contribution in [0.1, 0.15) is 33.1 Å². The molecule has 3 heteroatoms. The highest BCUT2D eigenvalue weighted by atomic mass is 16.2. The summed E-state index contributed by atoms with van der Waals surface area (Å²) in [5.74, 6) is 5.79. The number of rotatable bonds is 3. The van der Waals surface area contributed by atoms with Crippen LogP contribution in [0.3, 0.4) is 0 Å². The average molecular weight is 208 g/mol. The Labute approximate surface area is 92.0 Å². The lowest BCUT2D eigenvalue weighted by Gasteiger charge is -2.35. The SMILES string of the molecule is CC#CCNC(=O)C1(CC)CCCNC1. The molecular formula is C12H20N2O. The average Bonchev–Trinajstić information content (AvgIpc) is 2.30. The van der Waals surface area contributed by atoms with E-state index < -0.39 is 0 Å². The zero-order valence-electron chi connectivity index (χ0n) is 9.65. The van der Waals surface area contributed by atoms with Crippen molar-refractivity contribution in [1.82, 2.24) is 10.6 Å². The molecule has 0 saturated carbocycles. The van der Waals surface area contributed by atoms with Crippen LogP contribution in [0.5, 0.6) is 0 Å².